The summed E-state index contributed by atoms with van der Waals surface area (Å²) in [4.78, 5) is 15.8. The van der Waals surface area contributed by atoms with Gasteiger partial charge in [-0.1, -0.05) is 41.9 Å². The number of carboxylic acid groups (broad SMARTS) is 1. The maximum atomic E-state index is 13.7. The Balaban J connectivity index is 1.77. The maximum Gasteiger partial charge on any atom is 0.325 e. The zero-order valence-electron chi connectivity index (χ0n) is 13.0. The van der Waals surface area contributed by atoms with Gasteiger partial charge in [-0.3, -0.25) is 9.69 Å². The molecule has 1 aliphatic rings. The van der Waals surface area contributed by atoms with E-state index < -0.39 is 17.8 Å². The lowest BCUT2D eigenvalue weighted by molar-refractivity contribution is -0.143. The van der Waals surface area contributed by atoms with Crippen molar-refractivity contribution in [1.29, 1.82) is 0 Å². The summed E-state index contributed by atoms with van der Waals surface area (Å²) in [6.45, 7) is 2.55. The highest BCUT2D eigenvalue weighted by atomic mass is 35.5. The third kappa shape index (κ3) is 3.37. The molecule has 6 heteroatoms. The van der Waals surface area contributed by atoms with Crippen LogP contribution in [0.3, 0.4) is 0 Å². The van der Waals surface area contributed by atoms with Crippen molar-refractivity contribution in [3.05, 3.63) is 64.9 Å². The van der Waals surface area contributed by atoms with Crippen molar-refractivity contribution in [3.8, 4) is 0 Å². The Labute approximate surface area is 145 Å². The Kier molecular flexibility index (Phi) is 5.02. The Morgan fingerprint density at radius 2 is 1.71 bits per heavy atom. The first kappa shape index (κ1) is 16.7. The summed E-state index contributed by atoms with van der Waals surface area (Å²) in [5.41, 5.74) is 1.42. The molecule has 24 heavy (non-hydrogen) atoms. The maximum absolute atomic E-state index is 13.7. The van der Waals surface area contributed by atoms with Crippen LogP contribution in [0.4, 0.5) is 10.1 Å². The fourth-order valence-corrected chi connectivity index (χ4v) is 3.32. The summed E-state index contributed by atoms with van der Waals surface area (Å²) in [5.74, 6) is -1.61. The standard InChI is InChI=1S/C18H18ClFN2O2/c19-16-14(7-4-8-15(16)20)17(18(23)24)22-11-9-21(10-12-22)13-5-2-1-3-6-13/h1-8,17H,9-12H2,(H,23,24). The third-order valence-corrected chi connectivity index (χ3v) is 4.71. The van der Waals surface area contributed by atoms with E-state index >= 15 is 0 Å². The average Bonchev–Trinajstić information content (AvgIpc) is 2.60. The van der Waals surface area contributed by atoms with Crippen molar-refractivity contribution in [1.82, 2.24) is 4.90 Å². The fourth-order valence-electron chi connectivity index (χ4n) is 3.09. The van der Waals surface area contributed by atoms with Crippen LogP contribution in [0.15, 0.2) is 48.5 Å². The van der Waals surface area contributed by atoms with Crippen molar-refractivity contribution in [2.24, 2.45) is 0 Å². The Hall–Kier alpha value is -2.11. The van der Waals surface area contributed by atoms with E-state index in [9.17, 15) is 14.3 Å². The highest BCUT2D eigenvalue weighted by molar-refractivity contribution is 6.31. The zero-order chi connectivity index (χ0) is 17.1. The molecule has 1 atom stereocenters. The Bertz CT molecular complexity index is 718. The van der Waals surface area contributed by atoms with Crippen molar-refractivity contribution >= 4 is 23.3 Å². The van der Waals surface area contributed by atoms with E-state index in [1.807, 2.05) is 35.2 Å². The molecule has 0 aromatic heterocycles. The minimum atomic E-state index is -1.02. The summed E-state index contributed by atoms with van der Waals surface area (Å²) in [5, 5.41) is 9.53. The predicted octanol–water partition coefficient (Wildman–Crippen LogP) is 3.43. The van der Waals surface area contributed by atoms with Crippen molar-refractivity contribution in [3.63, 3.8) is 0 Å². The van der Waals surface area contributed by atoms with Crippen LogP contribution >= 0.6 is 11.6 Å². The number of carbonyl (C=O) groups is 1. The second-order valence-corrected chi connectivity index (χ2v) is 6.12. The monoisotopic (exact) mass is 348 g/mol. The molecule has 4 nitrogen and oxygen atoms in total. The van der Waals surface area contributed by atoms with E-state index in [0.717, 1.165) is 5.69 Å². The second kappa shape index (κ2) is 7.20. The number of hydrogen-bond acceptors (Lipinski definition) is 3. The van der Waals surface area contributed by atoms with E-state index in [1.165, 1.54) is 12.1 Å². The lowest BCUT2D eigenvalue weighted by Gasteiger charge is -2.39. The number of aliphatic carboxylic acids is 1. The van der Waals surface area contributed by atoms with Gasteiger partial charge >= 0.3 is 5.97 Å². The molecule has 3 rings (SSSR count). The molecule has 126 valence electrons. The van der Waals surface area contributed by atoms with Crippen LogP contribution in [0, 0.1) is 5.82 Å². The molecule has 0 saturated carbocycles. The number of piperazine rings is 1. The molecular weight excluding hydrogens is 331 g/mol. The largest absolute Gasteiger partial charge is 0.480 e. The molecular formula is C18H18ClFN2O2. The van der Waals surface area contributed by atoms with Gasteiger partial charge in [0.1, 0.15) is 11.9 Å². The van der Waals surface area contributed by atoms with Crippen LogP contribution < -0.4 is 4.90 Å². The van der Waals surface area contributed by atoms with Gasteiger partial charge in [-0.15, -0.1) is 0 Å². The fraction of sp³-hybridized carbons (Fsp3) is 0.278. The van der Waals surface area contributed by atoms with Gasteiger partial charge in [-0.2, -0.15) is 0 Å². The van der Waals surface area contributed by atoms with Crippen molar-refractivity contribution < 1.29 is 14.3 Å². The predicted molar refractivity (Wildman–Crippen MR) is 92.0 cm³/mol. The first-order chi connectivity index (χ1) is 11.6. The molecule has 0 radical (unpaired) electrons. The van der Waals surface area contributed by atoms with E-state index in [0.29, 0.717) is 31.7 Å². The van der Waals surface area contributed by atoms with Gasteiger partial charge in [0.2, 0.25) is 0 Å². The highest BCUT2D eigenvalue weighted by Crippen LogP contribution is 2.31. The minimum Gasteiger partial charge on any atom is -0.480 e. The van der Waals surface area contributed by atoms with Crippen LogP contribution in [0.25, 0.3) is 0 Å². The molecule has 2 aromatic rings. The van der Waals surface area contributed by atoms with Gasteiger partial charge < -0.3 is 10.0 Å². The molecule has 1 fully saturated rings. The average molecular weight is 349 g/mol. The van der Waals surface area contributed by atoms with Gasteiger partial charge in [0.25, 0.3) is 0 Å². The number of anilines is 1. The molecule has 1 heterocycles. The summed E-state index contributed by atoms with van der Waals surface area (Å²) in [6.07, 6.45) is 0. The van der Waals surface area contributed by atoms with Crippen LogP contribution in [-0.4, -0.2) is 42.2 Å². The molecule has 1 aliphatic heterocycles. The Morgan fingerprint density at radius 1 is 1.04 bits per heavy atom. The number of para-hydroxylation sites is 1. The van der Waals surface area contributed by atoms with E-state index in [2.05, 4.69) is 4.90 Å². The lowest BCUT2D eigenvalue weighted by atomic mass is 10.0. The van der Waals surface area contributed by atoms with Crippen molar-refractivity contribution in [2.75, 3.05) is 31.1 Å². The lowest BCUT2D eigenvalue weighted by Crippen LogP contribution is -2.49. The van der Waals surface area contributed by atoms with Crippen LogP contribution in [0.2, 0.25) is 5.02 Å². The second-order valence-electron chi connectivity index (χ2n) is 5.74. The molecule has 0 bridgehead atoms. The third-order valence-electron chi connectivity index (χ3n) is 4.31. The topological polar surface area (TPSA) is 43.8 Å². The van der Waals surface area contributed by atoms with E-state index in [1.54, 1.807) is 6.07 Å². The zero-order valence-corrected chi connectivity index (χ0v) is 13.8. The number of benzene rings is 2. The van der Waals surface area contributed by atoms with Gasteiger partial charge in [0.05, 0.1) is 5.02 Å². The minimum absolute atomic E-state index is 0.115. The Morgan fingerprint density at radius 3 is 2.33 bits per heavy atom. The van der Waals surface area contributed by atoms with Crippen LogP contribution in [0.1, 0.15) is 11.6 Å². The quantitative estimate of drug-likeness (QED) is 0.919. The summed E-state index contributed by atoms with van der Waals surface area (Å²) in [6, 6.07) is 13.4. The highest BCUT2D eigenvalue weighted by Gasteiger charge is 2.32. The molecule has 0 aliphatic carbocycles. The first-order valence-corrected chi connectivity index (χ1v) is 8.16. The van der Waals surface area contributed by atoms with Crippen LogP contribution in [-0.2, 0) is 4.79 Å². The number of hydrogen-bond donors (Lipinski definition) is 1. The van der Waals surface area contributed by atoms with Crippen LogP contribution in [0.5, 0.6) is 0 Å². The molecule has 1 unspecified atom stereocenters. The van der Waals surface area contributed by atoms with Crippen molar-refractivity contribution in [2.45, 2.75) is 6.04 Å². The molecule has 2 aromatic carbocycles. The van der Waals surface area contributed by atoms with Gasteiger partial charge in [0, 0.05) is 37.4 Å². The first-order valence-electron chi connectivity index (χ1n) is 7.78. The molecule has 0 amide bonds. The number of rotatable bonds is 4. The smallest absolute Gasteiger partial charge is 0.325 e. The summed E-state index contributed by atoms with van der Waals surface area (Å²) >= 11 is 6.00. The molecule has 1 saturated heterocycles. The van der Waals surface area contributed by atoms with Gasteiger partial charge in [-0.05, 0) is 18.2 Å². The SMILES string of the molecule is O=C(O)C(c1cccc(F)c1Cl)N1CCN(c2ccccc2)CC1. The van der Waals surface area contributed by atoms with Gasteiger partial charge in [0.15, 0.2) is 0 Å². The molecule has 1 N–H and O–H groups in total. The summed E-state index contributed by atoms with van der Waals surface area (Å²) in [7, 11) is 0. The van der Waals surface area contributed by atoms with E-state index in [-0.39, 0.29) is 5.02 Å². The number of carboxylic acids is 1. The van der Waals surface area contributed by atoms with Gasteiger partial charge in [-0.25, -0.2) is 4.39 Å². The normalized spacial score (nSPS) is 16.8. The van der Waals surface area contributed by atoms with E-state index in [4.69, 9.17) is 11.6 Å². The molecule has 0 spiro atoms. The number of halogens is 2. The number of nitrogens with zero attached hydrogens (tertiary/aromatic N) is 2. The summed E-state index contributed by atoms with van der Waals surface area (Å²) < 4.78 is 13.7.